The first kappa shape index (κ1) is 13.7. The van der Waals surface area contributed by atoms with Crippen LogP contribution in [0.4, 0.5) is 11.4 Å². The van der Waals surface area contributed by atoms with Crippen LogP contribution in [0.1, 0.15) is 0 Å². The van der Waals surface area contributed by atoms with E-state index in [1.165, 1.54) is 5.39 Å². The number of benzene rings is 3. The van der Waals surface area contributed by atoms with E-state index in [2.05, 4.69) is 23.1 Å². The minimum absolute atomic E-state index is 0.811. The molecule has 1 N–H and O–H groups in total. The van der Waals surface area contributed by atoms with Gasteiger partial charge in [-0.2, -0.15) is 0 Å². The molecular formula is C17H15ClN2O. The molecule has 3 rings (SSSR count). The van der Waals surface area contributed by atoms with Gasteiger partial charge in [-0.3, -0.25) is 5.01 Å². The molecule has 0 aromatic heterocycles. The minimum atomic E-state index is 0.811. The van der Waals surface area contributed by atoms with Crippen LogP contribution in [0.5, 0.6) is 5.75 Å². The Kier molecular flexibility index (Phi) is 3.95. The monoisotopic (exact) mass is 298 g/mol. The van der Waals surface area contributed by atoms with E-state index >= 15 is 0 Å². The van der Waals surface area contributed by atoms with E-state index in [0.717, 1.165) is 22.5 Å². The lowest BCUT2D eigenvalue weighted by molar-refractivity contribution is 0.415. The number of hydrogen-bond donors (Lipinski definition) is 1. The van der Waals surface area contributed by atoms with Gasteiger partial charge in [-0.25, -0.2) is 0 Å². The van der Waals surface area contributed by atoms with Crippen molar-refractivity contribution in [2.75, 3.05) is 12.1 Å². The fourth-order valence-corrected chi connectivity index (χ4v) is 2.56. The topological polar surface area (TPSA) is 24.5 Å². The van der Waals surface area contributed by atoms with Crippen LogP contribution < -0.4 is 14.7 Å². The first-order valence-corrected chi connectivity index (χ1v) is 6.99. The van der Waals surface area contributed by atoms with Crippen LogP contribution in [0.15, 0.2) is 66.7 Å². The van der Waals surface area contributed by atoms with Gasteiger partial charge >= 0.3 is 0 Å². The highest BCUT2D eigenvalue weighted by molar-refractivity contribution is 6.15. The van der Waals surface area contributed by atoms with Crippen molar-refractivity contribution in [1.82, 2.24) is 4.94 Å². The van der Waals surface area contributed by atoms with Gasteiger partial charge in [0, 0.05) is 5.39 Å². The van der Waals surface area contributed by atoms with Crippen molar-refractivity contribution in [3.05, 3.63) is 66.7 Å². The molecule has 0 bridgehead atoms. The van der Waals surface area contributed by atoms with Crippen LogP contribution in [0.2, 0.25) is 0 Å². The highest BCUT2D eigenvalue weighted by Gasteiger charge is 2.11. The second kappa shape index (κ2) is 6.04. The number of ether oxygens (including phenoxy) is 1. The number of halogens is 1. The third-order valence-corrected chi connectivity index (χ3v) is 3.59. The molecule has 0 heterocycles. The largest absolute Gasteiger partial charge is 0.497 e. The van der Waals surface area contributed by atoms with Gasteiger partial charge < -0.3 is 4.74 Å². The zero-order chi connectivity index (χ0) is 14.7. The van der Waals surface area contributed by atoms with Gasteiger partial charge in [0.25, 0.3) is 0 Å². The summed E-state index contributed by atoms with van der Waals surface area (Å²) in [6.45, 7) is 0. The van der Waals surface area contributed by atoms with Gasteiger partial charge in [-0.05, 0) is 47.5 Å². The van der Waals surface area contributed by atoms with E-state index in [1.807, 2.05) is 53.5 Å². The smallest absolute Gasteiger partial charge is 0.119 e. The molecule has 0 saturated carbocycles. The van der Waals surface area contributed by atoms with Gasteiger partial charge in [-0.1, -0.05) is 36.4 Å². The second-order valence-corrected chi connectivity index (χ2v) is 4.79. The number of nitrogens with one attached hydrogen (secondary N) is 1. The van der Waals surface area contributed by atoms with Crippen LogP contribution >= 0.6 is 11.8 Å². The van der Waals surface area contributed by atoms with Gasteiger partial charge in [0.1, 0.15) is 5.75 Å². The molecule has 0 radical (unpaired) electrons. The summed E-state index contributed by atoms with van der Waals surface area (Å²) in [5.41, 5.74) is 1.93. The fraction of sp³-hybridized carbons (Fsp3) is 0.0588. The van der Waals surface area contributed by atoms with E-state index < -0.39 is 0 Å². The highest BCUT2D eigenvalue weighted by atomic mass is 35.5. The van der Waals surface area contributed by atoms with E-state index in [1.54, 1.807) is 7.11 Å². The zero-order valence-electron chi connectivity index (χ0n) is 11.6. The SMILES string of the molecule is COc1ccc(N(NCl)c2cccc3ccccc23)cc1. The maximum atomic E-state index is 5.96. The molecule has 0 atom stereocenters. The lowest BCUT2D eigenvalue weighted by Gasteiger charge is -2.23. The normalized spacial score (nSPS) is 10.6. The Bertz CT molecular complexity index is 738. The standard InChI is InChI=1S/C17H15ClN2O/c1-21-15-11-9-14(10-12-15)20(19-18)17-8-4-6-13-5-2-3-7-16(13)17/h2-12,19H,1H3. The third kappa shape index (κ3) is 2.66. The quantitative estimate of drug-likeness (QED) is 0.561. The molecule has 0 saturated heterocycles. The number of hydrazine groups is 1. The van der Waals surface area contributed by atoms with Crippen LogP contribution in [-0.2, 0) is 0 Å². The molecular weight excluding hydrogens is 284 g/mol. The summed E-state index contributed by atoms with van der Waals surface area (Å²) in [5.74, 6) is 0.811. The Morgan fingerprint density at radius 2 is 1.62 bits per heavy atom. The number of methoxy groups -OCH3 is 1. The maximum absolute atomic E-state index is 5.96. The van der Waals surface area contributed by atoms with E-state index in [0.29, 0.717) is 0 Å². The van der Waals surface area contributed by atoms with Crippen LogP contribution in [0, 0.1) is 0 Å². The molecule has 3 aromatic rings. The summed E-state index contributed by atoms with van der Waals surface area (Å²) >= 11 is 5.96. The molecule has 0 amide bonds. The predicted molar refractivity (Wildman–Crippen MR) is 88.1 cm³/mol. The Morgan fingerprint density at radius 1 is 0.905 bits per heavy atom. The molecule has 106 valence electrons. The Balaban J connectivity index is 2.09. The first-order chi connectivity index (χ1) is 10.3. The zero-order valence-corrected chi connectivity index (χ0v) is 12.3. The van der Waals surface area contributed by atoms with Crippen LogP contribution in [0.25, 0.3) is 10.8 Å². The third-order valence-electron chi connectivity index (χ3n) is 3.42. The molecule has 0 unspecified atom stereocenters. The molecule has 4 heteroatoms. The van der Waals surface area contributed by atoms with E-state index in [4.69, 9.17) is 16.5 Å². The van der Waals surface area contributed by atoms with Crippen molar-refractivity contribution in [3.63, 3.8) is 0 Å². The van der Waals surface area contributed by atoms with E-state index in [9.17, 15) is 0 Å². The van der Waals surface area contributed by atoms with Crippen molar-refractivity contribution in [2.45, 2.75) is 0 Å². The minimum Gasteiger partial charge on any atom is -0.497 e. The van der Waals surface area contributed by atoms with Crippen LogP contribution in [0.3, 0.4) is 0 Å². The summed E-state index contributed by atoms with van der Waals surface area (Å²) in [5, 5.41) is 4.13. The molecule has 0 aliphatic carbocycles. The lowest BCUT2D eigenvalue weighted by Crippen LogP contribution is -2.25. The lowest BCUT2D eigenvalue weighted by atomic mass is 10.1. The number of hydrogen-bond acceptors (Lipinski definition) is 3. The molecule has 0 aliphatic heterocycles. The fourth-order valence-electron chi connectivity index (χ4n) is 2.37. The Morgan fingerprint density at radius 3 is 2.33 bits per heavy atom. The van der Waals surface area contributed by atoms with Gasteiger partial charge in [-0.15, -0.1) is 4.94 Å². The highest BCUT2D eigenvalue weighted by Crippen LogP contribution is 2.31. The molecule has 3 aromatic carbocycles. The second-order valence-electron chi connectivity index (χ2n) is 4.62. The van der Waals surface area contributed by atoms with Crippen molar-refractivity contribution in [2.24, 2.45) is 0 Å². The molecule has 3 nitrogen and oxygen atoms in total. The van der Waals surface area contributed by atoms with Crippen molar-refractivity contribution in [1.29, 1.82) is 0 Å². The van der Waals surface area contributed by atoms with Crippen molar-refractivity contribution >= 4 is 33.9 Å². The molecule has 0 aliphatic rings. The van der Waals surface area contributed by atoms with Crippen molar-refractivity contribution in [3.8, 4) is 5.75 Å². The predicted octanol–water partition coefficient (Wildman–Crippen LogP) is 4.64. The van der Waals surface area contributed by atoms with Crippen LogP contribution in [-0.4, -0.2) is 7.11 Å². The number of fused-ring (bicyclic) bond motifs is 1. The average Bonchev–Trinajstić information content (AvgIpc) is 2.56. The summed E-state index contributed by atoms with van der Waals surface area (Å²) in [4.78, 5) is 2.73. The summed E-state index contributed by atoms with van der Waals surface area (Å²) < 4.78 is 5.19. The molecule has 21 heavy (non-hydrogen) atoms. The van der Waals surface area contributed by atoms with Gasteiger partial charge in [0.2, 0.25) is 0 Å². The van der Waals surface area contributed by atoms with Crippen molar-refractivity contribution < 1.29 is 4.74 Å². The Labute approximate surface area is 128 Å². The summed E-state index contributed by atoms with van der Waals surface area (Å²) in [6.07, 6.45) is 0. The Hall–Kier alpha value is -2.23. The van der Waals surface area contributed by atoms with Gasteiger partial charge in [0.05, 0.1) is 18.5 Å². The summed E-state index contributed by atoms with van der Waals surface area (Å²) in [7, 11) is 1.65. The van der Waals surface area contributed by atoms with Gasteiger partial charge in [0.15, 0.2) is 0 Å². The number of nitrogens with zero attached hydrogens (tertiary/aromatic N) is 1. The average molecular weight is 299 g/mol. The van der Waals surface area contributed by atoms with E-state index in [-0.39, 0.29) is 0 Å². The number of rotatable bonds is 4. The maximum Gasteiger partial charge on any atom is 0.119 e. The first-order valence-electron chi connectivity index (χ1n) is 6.61. The number of anilines is 2. The summed E-state index contributed by atoms with van der Waals surface area (Å²) in [6, 6.07) is 22.1. The molecule has 0 spiro atoms. The molecule has 0 fully saturated rings.